The second-order valence-corrected chi connectivity index (χ2v) is 2.21. The maximum Gasteiger partial charge on any atom is -0.0187 e. The number of hydrogen-bond acceptors (Lipinski definition) is 1. The standard InChI is InChI=1S/C8H12S/c1-3-5-6-7-8(9)4-2/h3,5-7,9H,1,4H2,2H3/b6-5-,8-7+. The largest absolute Gasteiger partial charge is 0.148 e. The highest BCUT2D eigenvalue weighted by Crippen LogP contribution is 2.04. The lowest BCUT2D eigenvalue weighted by Crippen LogP contribution is -1.62. The van der Waals surface area contributed by atoms with Crippen molar-refractivity contribution in [2.24, 2.45) is 0 Å². The van der Waals surface area contributed by atoms with Gasteiger partial charge in [-0.2, -0.15) is 0 Å². The van der Waals surface area contributed by atoms with Crippen LogP contribution >= 0.6 is 12.6 Å². The van der Waals surface area contributed by atoms with E-state index in [-0.39, 0.29) is 0 Å². The van der Waals surface area contributed by atoms with Gasteiger partial charge in [-0.1, -0.05) is 37.8 Å². The van der Waals surface area contributed by atoms with E-state index in [2.05, 4.69) is 26.1 Å². The average Bonchev–Trinajstić information content (AvgIpc) is 1.89. The highest BCUT2D eigenvalue weighted by atomic mass is 32.1. The molecular weight excluding hydrogens is 128 g/mol. The molecule has 0 nitrogen and oxygen atoms in total. The molecule has 0 rings (SSSR count). The van der Waals surface area contributed by atoms with E-state index >= 15 is 0 Å². The predicted octanol–water partition coefficient (Wildman–Crippen LogP) is 2.95. The summed E-state index contributed by atoms with van der Waals surface area (Å²) in [5, 5.41) is 0. The van der Waals surface area contributed by atoms with E-state index in [0.29, 0.717) is 0 Å². The van der Waals surface area contributed by atoms with Crippen molar-refractivity contribution in [3.05, 3.63) is 35.8 Å². The zero-order valence-corrected chi connectivity index (χ0v) is 6.57. The summed E-state index contributed by atoms with van der Waals surface area (Å²) in [6, 6.07) is 0. The lowest BCUT2D eigenvalue weighted by atomic mass is 10.4. The molecule has 0 radical (unpaired) electrons. The molecule has 0 saturated heterocycles. The van der Waals surface area contributed by atoms with Gasteiger partial charge < -0.3 is 0 Å². The first-order valence-corrected chi connectivity index (χ1v) is 3.43. The Morgan fingerprint density at radius 3 is 2.67 bits per heavy atom. The van der Waals surface area contributed by atoms with Crippen molar-refractivity contribution in [3.8, 4) is 0 Å². The van der Waals surface area contributed by atoms with E-state index in [0.717, 1.165) is 11.3 Å². The van der Waals surface area contributed by atoms with Crippen LogP contribution in [0.2, 0.25) is 0 Å². The Morgan fingerprint density at radius 2 is 2.22 bits per heavy atom. The first-order valence-electron chi connectivity index (χ1n) is 2.98. The normalized spacial score (nSPS) is 12.4. The zero-order chi connectivity index (χ0) is 7.11. The number of allylic oxidation sites excluding steroid dienone is 5. The lowest BCUT2D eigenvalue weighted by Gasteiger charge is -1.86. The van der Waals surface area contributed by atoms with Gasteiger partial charge in [0.25, 0.3) is 0 Å². The minimum atomic E-state index is 0.991. The molecule has 0 aromatic carbocycles. The van der Waals surface area contributed by atoms with Crippen molar-refractivity contribution in [2.75, 3.05) is 0 Å². The molecule has 0 aromatic heterocycles. The van der Waals surface area contributed by atoms with Crippen LogP contribution in [0.4, 0.5) is 0 Å². The summed E-state index contributed by atoms with van der Waals surface area (Å²) in [5.41, 5.74) is 0. The van der Waals surface area contributed by atoms with Crippen molar-refractivity contribution in [3.63, 3.8) is 0 Å². The third-order valence-corrected chi connectivity index (χ3v) is 1.36. The van der Waals surface area contributed by atoms with Crippen LogP contribution in [0.15, 0.2) is 35.8 Å². The molecule has 0 aliphatic heterocycles. The summed E-state index contributed by atoms with van der Waals surface area (Å²) in [4.78, 5) is 1.09. The monoisotopic (exact) mass is 140 g/mol. The van der Waals surface area contributed by atoms with Crippen LogP contribution in [-0.4, -0.2) is 0 Å². The molecule has 0 bridgehead atoms. The first kappa shape index (κ1) is 8.57. The highest BCUT2D eigenvalue weighted by Gasteiger charge is 1.77. The van der Waals surface area contributed by atoms with Gasteiger partial charge in [0.2, 0.25) is 0 Å². The second kappa shape index (κ2) is 5.70. The van der Waals surface area contributed by atoms with Gasteiger partial charge in [0.05, 0.1) is 0 Å². The quantitative estimate of drug-likeness (QED) is 0.452. The molecule has 0 atom stereocenters. The Hall–Kier alpha value is -0.430. The highest BCUT2D eigenvalue weighted by molar-refractivity contribution is 7.84. The molecule has 0 N–H and O–H groups in total. The summed E-state index contributed by atoms with van der Waals surface area (Å²) in [5.74, 6) is 0. The van der Waals surface area contributed by atoms with Crippen molar-refractivity contribution in [1.29, 1.82) is 0 Å². The van der Waals surface area contributed by atoms with E-state index < -0.39 is 0 Å². The summed E-state index contributed by atoms with van der Waals surface area (Å²) < 4.78 is 0. The van der Waals surface area contributed by atoms with Gasteiger partial charge in [-0.25, -0.2) is 0 Å². The Labute approximate surface area is 62.4 Å². The average molecular weight is 140 g/mol. The fourth-order valence-electron chi connectivity index (χ4n) is 0.363. The van der Waals surface area contributed by atoms with Crippen LogP contribution in [0.25, 0.3) is 0 Å². The maximum atomic E-state index is 4.18. The zero-order valence-electron chi connectivity index (χ0n) is 5.67. The maximum absolute atomic E-state index is 4.18. The SMILES string of the molecule is C=C/C=C\C=C(\S)CC. The molecule has 0 amide bonds. The van der Waals surface area contributed by atoms with Crippen LogP contribution in [-0.2, 0) is 0 Å². The topological polar surface area (TPSA) is 0 Å². The molecule has 0 unspecified atom stereocenters. The number of hydrogen-bond donors (Lipinski definition) is 1. The molecule has 0 fully saturated rings. The molecule has 9 heavy (non-hydrogen) atoms. The molecule has 0 saturated carbocycles. The molecule has 0 aliphatic carbocycles. The van der Waals surface area contributed by atoms with Crippen molar-refractivity contribution in [1.82, 2.24) is 0 Å². The Balaban J connectivity index is 3.67. The van der Waals surface area contributed by atoms with Crippen LogP contribution in [0.3, 0.4) is 0 Å². The van der Waals surface area contributed by atoms with E-state index in [1.54, 1.807) is 6.08 Å². The molecule has 0 spiro atoms. The van der Waals surface area contributed by atoms with Gasteiger partial charge in [0.1, 0.15) is 0 Å². The van der Waals surface area contributed by atoms with Gasteiger partial charge in [-0.3, -0.25) is 0 Å². The summed E-state index contributed by atoms with van der Waals surface area (Å²) in [6.07, 6.45) is 8.51. The first-order chi connectivity index (χ1) is 4.31. The van der Waals surface area contributed by atoms with Crippen LogP contribution in [0.5, 0.6) is 0 Å². The molecular formula is C8H12S. The third kappa shape index (κ3) is 5.44. The third-order valence-electron chi connectivity index (χ3n) is 0.898. The Bertz CT molecular complexity index is 132. The van der Waals surface area contributed by atoms with Gasteiger partial charge in [0.15, 0.2) is 0 Å². The molecule has 0 aromatic rings. The van der Waals surface area contributed by atoms with Crippen LogP contribution in [0.1, 0.15) is 13.3 Å². The van der Waals surface area contributed by atoms with Gasteiger partial charge in [0, 0.05) is 0 Å². The van der Waals surface area contributed by atoms with Crippen LogP contribution in [0, 0.1) is 0 Å². The smallest absolute Gasteiger partial charge is 0.0187 e. The molecule has 50 valence electrons. The van der Waals surface area contributed by atoms with E-state index in [1.165, 1.54) is 0 Å². The van der Waals surface area contributed by atoms with Gasteiger partial charge in [-0.15, -0.1) is 12.6 Å². The summed E-state index contributed by atoms with van der Waals surface area (Å²) >= 11 is 4.18. The van der Waals surface area contributed by atoms with Crippen molar-refractivity contribution < 1.29 is 0 Å². The summed E-state index contributed by atoms with van der Waals surface area (Å²) in [6.45, 7) is 5.61. The second-order valence-electron chi connectivity index (χ2n) is 1.63. The number of thiol groups is 1. The fraction of sp³-hybridized carbons (Fsp3) is 0.250. The van der Waals surface area contributed by atoms with Crippen molar-refractivity contribution >= 4 is 12.6 Å². The summed E-state index contributed by atoms with van der Waals surface area (Å²) in [7, 11) is 0. The van der Waals surface area contributed by atoms with Crippen LogP contribution < -0.4 is 0 Å². The minimum Gasteiger partial charge on any atom is -0.148 e. The Kier molecular flexibility index (Phi) is 5.43. The van der Waals surface area contributed by atoms with E-state index in [1.807, 2.05) is 18.2 Å². The van der Waals surface area contributed by atoms with E-state index in [9.17, 15) is 0 Å². The minimum absolute atomic E-state index is 0.991. The van der Waals surface area contributed by atoms with Gasteiger partial charge >= 0.3 is 0 Å². The molecule has 1 heteroatoms. The fourth-order valence-corrected chi connectivity index (χ4v) is 0.449. The lowest BCUT2D eigenvalue weighted by molar-refractivity contribution is 1.20. The van der Waals surface area contributed by atoms with Crippen molar-refractivity contribution in [2.45, 2.75) is 13.3 Å². The molecule has 0 aliphatic rings. The predicted molar refractivity (Wildman–Crippen MR) is 46.7 cm³/mol. The molecule has 0 heterocycles. The van der Waals surface area contributed by atoms with E-state index in [4.69, 9.17) is 0 Å². The Morgan fingerprint density at radius 1 is 1.56 bits per heavy atom. The van der Waals surface area contributed by atoms with Gasteiger partial charge in [-0.05, 0) is 11.3 Å². The number of rotatable bonds is 3.